The summed E-state index contributed by atoms with van der Waals surface area (Å²) < 4.78 is 3.69. The Balaban J connectivity index is 1.19. The van der Waals surface area contributed by atoms with Gasteiger partial charge in [-0.25, -0.2) is 9.97 Å². The average Bonchev–Trinajstić information content (AvgIpc) is 3.82. The van der Waals surface area contributed by atoms with Crippen LogP contribution in [0.1, 0.15) is 55.2 Å². The van der Waals surface area contributed by atoms with Crippen molar-refractivity contribution in [2.45, 2.75) is 44.1 Å². The summed E-state index contributed by atoms with van der Waals surface area (Å²) in [6.45, 7) is 4.08. The predicted octanol–water partition coefficient (Wildman–Crippen LogP) is 4.82. The lowest BCUT2D eigenvalue weighted by Gasteiger charge is -2.35. The third-order valence-corrected chi connectivity index (χ3v) is 11.1. The molecule has 3 aliphatic rings. The molecule has 230 valence electrons. The molecule has 5 aromatic rings. The maximum absolute atomic E-state index is 13.4. The van der Waals surface area contributed by atoms with E-state index in [9.17, 15) is 4.79 Å². The van der Waals surface area contributed by atoms with Crippen molar-refractivity contribution in [2.24, 2.45) is 12.8 Å². The zero-order valence-electron chi connectivity index (χ0n) is 25.1. The first-order chi connectivity index (χ1) is 22.0. The molecule has 1 atom stereocenters. The number of carbonyl (C=O) groups excluding carboxylic acids is 1. The van der Waals surface area contributed by atoms with Crippen LogP contribution in [0, 0.1) is 0 Å². The van der Waals surface area contributed by atoms with Crippen LogP contribution >= 0.6 is 22.7 Å². The topological polar surface area (TPSA) is 131 Å². The molecule has 0 radical (unpaired) electrons. The number of dihydropyridines is 1. The quantitative estimate of drug-likeness (QED) is 0.269. The number of nitrogens with one attached hydrogen (secondary N) is 1. The molecule has 0 saturated carbocycles. The highest BCUT2D eigenvalue weighted by Gasteiger charge is 2.41. The molecule has 0 spiro atoms. The Labute approximate surface area is 268 Å². The number of rotatable bonds is 6. The molecule has 8 heterocycles. The number of carbonyl (C=O) groups is 1. The van der Waals surface area contributed by atoms with E-state index in [-0.39, 0.29) is 0 Å². The number of hydrogen-bond acceptors (Lipinski definition) is 11. The van der Waals surface area contributed by atoms with Crippen molar-refractivity contribution in [2.75, 3.05) is 36.0 Å². The Morgan fingerprint density at radius 2 is 1.47 bits per heavy atom. The van der Waals surface area contributed by atoms with Crippen molar-refractivity contribution < 1.29 is 4.79 Å². The number of nitrogens with two attached hydrogens (primary N) is 1. The van der Waals surface area contributed by atoms with Gasteiger partial charge in [0.15, 0.2) is 27.1 Å². The smallest absolute Gasteiger partial charge is 0.251 e. The molecule has 0 aliphatic carbocycles. The number of anilines is 2. The highest BCUT2D eigenvalue weighted by Crippen LogP contribution is 2.40. The summed E-state index contributed by atoms with van der Waals surface area (Å²) in [5.41, 5.74) is 10.4. The van der Waals surface area contributed by atoms with Gasteiger partial charge in [-0.05, 0) is 56.7 Å². The van der Waals surface area contributed by atoms with Gasteiger partial charge in [0.2, 0.25) is 0 Å². The molecule has 0 aromatic carbocycles. The molecule has 3 aliphatic heterocycles. The van der Waals surface area contributed by atoms with E-state index in [1.54, 1.807) is 39.7 Å². The van der Waals surface area contributed by atoms with Crippen LogP contribution in [0.2, 0.25) is 0 Å². The minimum absolute atomic E-state index is 0.525. The van der Waals surface area contributed by atoms with Crippen LogP contribution in [0.25, 0.3) is 32.0 Å². The number of amides is 1. The number of fused-ring (bicyclic) bond motifs is 2. The van der Waals surface area contributed by atoms with E-state index in [1.807, 2.05) is 37.7 Å². The number of piperidine rings is 2. The van der Waals surface area contributed by atoms with Crippen LogP contribution in [0.15, 0.2) is 49.1 Å². The number of allylic oxidation sites excluding steroid dienone is 2. The predicted molar refractivity (Wildman–Crippen MR) is 180 cm³/mol. The van der Waals surface area contributed by atoms with Gasteiger partial charge in [-0.15, -0.1) is 0 Å². The van der Waals surface area contributed by atoms with Crippen molar-refractivity contribution in [3.05, 3.63) is 65.8 Å². The number of aryl methyl sites for hydroxylation is 1. The molecule has 2 saturated heterocycles. The van der Waals surface area contributed by atoms with Crippen LogP contribution in [0.3, 0.4) is 0 Å². The van der Waals surface area contributed by atoms with Crippen LogP contribution in [0.4, 0.5) is 10.3 Å². The lowest BCUT2D eigenvalue weighted by atomic mass is 9.84. The molecule has 1 amide bonds. The van der Waals surface area contributed by atoms with E-state index in [2.05, 4.69) is 26.3 Å². The number of pyridine rings is 2. The van der Waals surface area contributed by atoms with E-state index in [0.717, 1.165) is 73.9 Å². The summed E-state index contributed by atoms with van der Waals surface area (Å²) in [5.74, 6) is -0.525. The molecule has 1 unspecified atom stereocenters. The molecule has 0 bridgehead atoms. The van der Waals surface area contributed by atoms with Crippen molar-refractivity contribution in [1.29, 1.82) is 0 Å². The summed E-state index contributed by atoms with van der Waals surface area (Å²) >= 11 is 3.29. The Hall–Kier alpha value is -4.36. The number of primary amides is 1. The van der Waals surface area contributed by atoms with Gasteiger partial charge in [0.1, 0.15) is 0 Å². The normalized spacial score (nSPS) is 20.7. The van der Waals surface area contributed by atoms with Gasteiger partial charge in [-0.1, -0.05) is 28.7 Å². The number of hydrogen-bond donors (Lipinski definition) is 2. The van der Waals surface area contributed by atoms with Crippen molar-refractivity contribution in [3.8, 4) is 0 Å². The Morgan fingerprint density at radius 3 is 2.07 bits per heavy atom. The SMILES string of the molecule is Cn1cc(C2=C(c3cnc4nc(N5CCCCC5)sc4c3)C=CC(C(N)=O)(c3cnc4nc(N5CCCCC5)sc4c3)N2)cn1. The first-order valence-corrected chi connectivity index (χ1v) is 17.1. The summed E-state index contributed by atoms with van der Waals surface area (Å²) in [6, 6.07) is 4.13. The minimum atomic E-state index is -1.32. The fourth-order valence-electron chi connectivity index (χ4n) is 6.49. The summed E-state index contributed by atoms with van der Waals surface area (Å²) in [6.07, 6.45) is 18.3. The van der Waals surface area contributed by atoms with Crippen molar-refractivity contribution >= 4 is 70.8 Å². The first kappa shape index (κ1) is 28.1. The monoisotopic (exact) mass is 638 g/mol. The van der Waals surface area contributed by atoms with Crippen molar-refractivity contribution in [3.63, 3.8) is 0 Å². The molecular formula is C32H34N10OS2. The molecule has 11 nitrogen and oxygen atoms in total. The zero-order chi connectivity index (χ0) is 30.5. The Morgan fingerprint density at radius 1 is 0.844 bits per heavy atom. The third kappa shape index (κ3) is 5.03. The summed E-state index contributed by atoms with van der Waals surface area (Å²) in [5, 5.41) is 9.98. The maximum atomic E-state index is 13.4. The van der Waals surface area contributed by atoms with Gasteiger partial charge in [0.25, 0.3) is 5.91 Å². The molecular weight excluding hydrogens is 605 g/mol. The van der Waals surface area contributed by atoms with Crippen LogP contribution < -0.4 is 20.9 Å². The lowest BCUT2D eigenvalue weighted by molar-refractivity contribution is -0.122. The van der Waals surface area contributed by atoms with Gasteiger partial charge in [0.05, 0.1) is 21.3 Å². The van der Waals surface area contributed by atoms with E-state index in [0.29, 0.717) is 11.2 Å². The first-order valence-electron chi connectivity index (χ1n) is 15.5. The average molecular weight is 639 g/mol. The van der Waals surface area contributed by atoms with Gasteiger partial charge >= 0.3 is 0 Å². The van der Waals surface area contributed by atoms with Gasteiger partial charge in [-0.3, -0.25) is 9.48 Å². The highest BCUT2D eigenvalue weighted by atomic mass is 32.1. The van der Waals surface area contributed by atoms with Crippen LogP contribution in [-0.4, -0.2) is 61.8 Å². The molecule has 5 aromatic heterocycles. The fourth-order valence-corrected chi connectivity index (χ4v) is 8.52. The maximum Gasteiger partial charge on any atom is 0.251 e. The van der Waals surface area contributed by atoms with E-state index in [4.69, 9.17) is 25.7 Å². The molecule has 45 heavy (non-hydrogen) atoms. The summed E-state index contributed by atoms with van der Waals surface area (Å²) in [4.78, 5) is 37.2. The zero-order valence-corrected chi connectivity index (χ0v) is 26.7. The standard InChI is InChI=1S/C32H34N10OS2/c1-40-19-21(17-36-40)26-23(20-14-24-27(34-16-20)37-30(44-24)41-10-4-2-5-11-41)8-9-32(39-26,29(33)43)22-15-25-28(35-18-22)38-31(45-25)42-12-6-3-7-13-42/h8-9,14-19,39H,2-7,10-13H2,1H3,(H2,33,43). The molecule has 8 rings (SSSR count). The van der Waals surface area contributed by atoms with Crippen LogP contribution in [0.5, 0.6) is 0 Å². The molecule has 13 heteroatoms. The van der Waals surface area contributed by atoms with E-state index in [1.165, 1.54) is 38.5 Å². The fraction of sp³-hybridized carbons (Fsp3) is 0.375. The van der Waals surface area contributed by atoms with Gasteiger partial charge in [0, 0.05) is 74.1 Å². The Bertz CT molecular complexity index is 1980. The number of nitrogens with zero attached hydrogens (tertiary/aromatic N) is 8. The largest absolute Gasteiger partial charge is 0.367 e. The lowest BCUT2D eigenvalue weighted by Crippen LogP contribution is -2.51. The van der Waals surface area contributed by atoms with E-state index < -0.39 is 11.4 Å². The second kappa shape index (κ2) is 11.2. The third-order valence-electron chi connectivity index (χ3n) is 8.96. The summed E-state index contributed by atoms with van der Waals surface area (Å²) in [7, 11) is 1.87. The van der Waals surface area contributed by atoms with E-state index >= 15 is 0 Å². The minimum Gasteiger partial charge on any atom is -0.367 e. The second-order valence-corrected chi connectivity index (χ2v) is 14.0. The number of aromatic nitrogens is 6. The Kier molecular flexibility index (Phi) is 7.01. The van der Waals surface area contributed by atoms with Crippen molar-refractivity contribution in [1.82, 2.24) is 35.0 Å². The second-order valence-electron chi connectivity index (χ2n) is 12.0. The molecule has 3 N–H and O–H groups in total. The number of thiazole rings is 2. The van der Waals surface area contributed by atoms with Crippen LogP contribution in [-0.2, 0) is 17.4 Å². The molecule has 2 fully saturated rings. The van der Waals surface area contributed by atoms with Gasteiger partial charge < -0.3 is 20.9 Å². The van der Waals surface area contributed by atoms with Gasteiger partial charge in [-0.2, -0.15) is 15.1 Å². The highest BCUT2D eigenvalue weighted by molar-refractivity contribution is 7.22.